The van der Waals surface area contributed by atoms with Gasteiger partial charge in [0, 0.05) is 31.2 Å². The molecule has 1 aliphatic rings. The van der Waals surface area contributed by atoms with Gasteiger partial charge in [-0.3, -0.25) is 4.79 Å². The van der Waals surface area contributed by atoms with Gasteiger partial charge in [-0.2, -0.15) is 5.10 Å². The van der Waals surface area contributed by atoms with Crippen molar-refractivity contribution >= 4 is 0 Å². The molecule has 0 amide bonds. The first-order valence-electron chi connectivity index (χ1n) is 10.8. The predicted octanol–water partition coefficient (Wildman–Crippen LogP) is 3.15. The molecule has 34 heavy (non-hydrogen) atoms. The van der Waals surface area contributed by atoms with Gasteiger partial charge in [0.2, 0.25) is 11.2 Å². The predicted molar refractivity (Wildman–Crippen MR) is 119 cm³/mol. The van der Waals surface area contributed by atoms with E-state index in [0.29, 0.717) is 30.5 Å². The van der Waals surface area contributed by atoms with Crippen LogP contribution in [0.15, 0.2) is 71.9 Å². The van der Waals surface area contributed by atoms with Crippen LogP contribution in [0.4, 0.5) is 8.78 Å². The Morgan fingerprint density at radius 3 is 2.82 bits per heavy atom. The van der Waals surface area contributed by atoms with Gasteiger partial charge in [-0.25, -0.2) is 18.4 Å². The molecule has 0 bridgehead atoms. The second kappa shape index (κ2) is 9.48. The third-order valence-corrected chi connectivity index (χ3v) is 5.48. The molecule has 5 rings (SSSR count). The van der Waals surface area contributed by atoms with E-state index in [2.05, 4.69) is 15.1 Å². The zero-order chi connectivity index (χ0) is 23.5. The van der Waals surface area contributed by atoms with Crippen LogP contribution < -0.4 is 15.1 Å². The molecular formula is C25H21F2N4O3+. The van der Waals surface area contributed by atoms with Gasteiger partial charge in [-0.1, -0.05) is 12.1 Å². The number of aromatic amines is 1. The lowest BCUT2D eigenvalue weighted by atomic mass is 10.1. The maximum absolute atomic E-state index is 13.6. The van der Waals surface area contributed by atoms with Crippen molar-refractivity contribution in [2.24, 2.45) is 0 Å². The van der Waals surface area contributed by atoms with Crippen LogP contribution in [0, 0.1) is 11.6 Å². The molecule has 4 aromatic rings. The van der Waals surface area contributed by atoms with Gasteiger partial charge in [0.15, 0.2) is 17.8 Å². The summed E-state index contributed by atoms with van der Waals surface area (Å²) < 4.78 is 39.4. The molecule has 2 aromatic heterocycles. The first kappa shape index (κ1) is 21.8. The van der Waals surface area contributed by atoms with E-state index >= 15 is 0 Å². The summed E-state index contributed by atoms with van der Waals surface area (Å²) >= 11 is 0. The van der Waals surface area contributed by atoms with Crippen molar-refractivity contribution in [1.82, 2.24) is 14.8 Å². The lowest BCUT2D eigenvalue weighted by molar-refractivity contribution is -0.370. The molecule has 1 N–H and O–H groups in total. The molecule has 7 nitrogen and oxygen atoms in total. The monoisotopic (exact) mass is 463 g/mol. The molecule has 1 aliphatic heterocycles. The van der Waals surface area contributed by atoms with E-state index in [1.54, 1.807) is 12.4 Å². The Bertz CT molecular complexity index is 1370. The fraction of sp³-hybridized carbons (Fsp3) is 0.200. The van der Waals surface area contributed by atoms with Gasteiger partial charge in [0.1, 0.15) is 18.0 Å². The smallest absolute Gasteiger partial charge is 0.328 e. The molecule has 172 valence electrons. The summed E-state index contributed by atoms with van der Waals surface area (Å²) in [6, 6.07) is 12.4. The Morgan fingerprint density at radius 1 is 1.15 bits per heavy atom. The molecule has 3 heterocycles. The Morgan fingerprint density at radius 2 is 2.06 bits per heavy atom. The number of nitrogens with zero attached hydrogens (tertiary/aromatic N) is 3. The van der Waals surface area contributed by atoms with E-state index in [0.717, 1.165) is 29.7 Å². The van der Waals surface area contributed by atoms with Crippen molar-refractivity contribution in [1.29, 1.82) is 0 Å². The van der Waals surface area contributed by atoms with E-state index < -0.39 is 11.6 Å². The molecular weight excluding hydrogens is 442 g/mol. The van der Waals surface area contributed by atoms with Crippen LogP contribution in [0.25, 0.3) is 17.1 Å². The summed E-state index contributed by atoms with van der Waals surface area (Å²) in [6.45, 7) is 1.28. The standard InChI is InChI=1S/C25H20F2N4O3/c26-21-5-4-18(12-22(21)27)31-8-6-24(32)23(30-31)11-16-2-1-3-17(10-16)25-28-13-20(14-29-25)34-19-7-9-33-15-19/h1-6,8,10,12-14,19H,7,9,11,15H2/p+1. The highest BCUT2D eigenvalue weighted by molar-refractivity contribution is 5.53. The van der Waals surface area contributed by atoms with Crippen LogP contribution in [0.2, 0.25) is 0 Å². The highest BCUT2D eigenvalue weighted by Crippen LogP contribution is 2.19. The fourth-order valence-electron chi connectivity index (χ4n) is 3.73. The third-order valence-electron chi connectivity index (χ3n) is 5.48. The van der Waals surface area contributed by atoms with Crippen molar-refractivity contribution in [3.63, 3.8) is 0 Å². The molecule has 1 fully saturated rings. The summed E-state index contributed by atoms with van der Waals surface area (Å²) in [6.07, 6.45) is 6.01. The third kappa shape index (κ3) is 4.84. The molecule has 1 unspecified atom stereocenters. The van der Waals surface area contributed by atoms with Gasteiger partial charge in [-0.05, 0) is 34.8 Å². The Hall–Kier alpha value is -3.98. The maximum atomic E-state index is 13.6. The van der Waals surface area contributed by atoms with Crippen LogP contribution in [0.5, 0.6) is 5.75 Å². The van der Waals surface area contributed by atoms with E-state index in [1.807, 2.05) is 24.3 Å². The molecule has 1 saturated heterocycles. The number of halogens is 2. The van der Waals surface area contributed by atoms with Gasteiger partial charge in [0.05, 0.1) is 24.5 Å². The first-order chi connectivity index (χ1) is 16.5. The van der Waals surface area contributed by atoms with Crippen LogP contribution in [-0.2, 0) is 11.2 Å². The maximum Gasteiger partial charge on any atom is 0.328 e. The van der Waals surface area contributed by atoms with Crippen molar-refractivity contribution in [3.8, 4) is 22.8 Å². The van der Waals surface area contributed by atoms with E-state index in [4.69, 9.17) is 9.47 Å². The number of ether oxygens (including phenoxy) is 2. The summed E-state index contributed by atoms with van der Waals surface area (Å²) in [4.78, 5) is 20.0. The highest BCUT2D eigenvalue weighted by atomic mass is 19.2. The van der Waals surface area contributed by atoms with Crippen LogP contribution in [0.1, 0.15) is 17.7 Å². The average molecular weight is 463 g/mol. The van der Waals surface area contributed by atoms with Gasteiger partial charge in [0.25, 0.3) is 0 Å². The largest absolute Gasteiger partial charge is 0.481 e. The quantitative estimate of drug-likeness (QED) is 0.439. The van der Waals surface area contributed by atoms with Crippen LogP contribution in [0.3, 0.4) is 0 Å². The van der Waals surface area contributed by atoms with Gasteiger partial charge in [-0.15, -0.1) is 0 Å². The summed E-state index contributed by atoms with van der Waals surface area (Å²) in [7, 11) is 0. The summed E-state index contributed by atoms with van der Waals surface area (Å²) in [5.41, 5.74) is 2.04. The fourth-order valence-corrected chi connectivity index (χ4v) is 3.73. The van der Waals surface area contributed by atoms with Crippen LogP contribution >= 0.6 is 0 Å². The minimum Gasteiger partial charge on any atom is -0.481 e. The number of rotatable bonds is 6. The topological polar surface area (TPSA) is 80.4 Å². The number of nitrogens with one attached hydrogen (secondary N) is 1. The number of aromatic nitrogens is 4. The molecule has 0 saturated carbocycles. The lowest BCUT2D eigenvalue weighted by Gasteiger charge is -2.09. The van der Waals surface area contributed by atoms with E-state index in [9.17, 15) is 13.6 Å². The summed E-state index contributed by atoms with van der Waals surface area (Å²) in [5, 5.41) is 4.34. The first-order valence-corrected chi connectivity index (χ1v) is 10.8. The Labute approximate surface area is 193 Å². The lowest BCUT2D eigenvalue weighted by Crippen LogP contribution is -2.18. The second-order valence-electron chi connectivity index (χ2n) is 7.95. The van der Waals surface area contributed by atoms with Crippen molar-refractivity contribution in [3.05, 3.63) is 100 Å². The van der Waals surface area contributed by atoms with Gasteiger partial charge >= 0.3 is 5.82 Å². The molecule has 0 radical (unpaired) electrons. The molecule has 0 aliphatic carbocycles. The average Bonchev–Trinajstić information content (AvgIpc) is 3.36. The summed E-state index contributed by atoms with van der Waals surface area (Å²) in [5.74, 6) is -0.637. The number of hydrogen-bond donors (Lipinski definition) is 0. The molecule has 1 atom stereocenters. The highest BCUT2D eigenvalue weighted by Gasteiger charge is 2.19. The minimum absolute atomic E-state index is 0.0400. The SMILES string of the molecule is O=c1ccn(-c2ccc(F)c(F)c2)nc1Cc1cccc(-c2ncc(OC3CCOC3)c[nH+]2)c1. The van der Waals surface area contributed by atoms with Crippen molar-refractivity contribution in [2.75, 3.05) is 13.2 Å². The molecule has 0 spiro atoms. The second-order valence-corrected chi connectivity index (χ2v) is 7.95. The Balaban J connectivity index is 1.35. The number of H-pyrrole nitrogens is 1. The van der Waals surface area contributed by atoms with E-state index in [1.165, 1.54) is 23.0 Å². The van der Waals surface area contributed by atoms with Gasteiger partial charge < -0.3 is 9.47 Å². The van der Waals surface area contributed by atoms with Crippen molar-refractivity contribution < 1.29 is 23.2 Å². The van der Waals surface area contributed by atoms with Crippen molar-refractivity contribution in [2.45, 2.75) is 18.9 Å². The van der Waals surface area contributed by atoms with E-state index in [-0.39, 0.29) is 23.6 Å². The number of benzene rings is 2. The van der Waals surface area contributed by atoms with Crippen LogP contribution in [-0.4, -0.2) is 34.1 Å². The normalized spacial score (nSPS) is 15.4. The zero-order valence-corrected chi connectivity index (χ0v) is 18.1. The molecule has 9 heteroatoms. The number of hydrogen-bond acceptors (Lipinski definition) is 5. The molecule has 2 aromatic carbocycles. The zero-order valence-electron chi connectivity index (χ0n) is 18.1. The Kier molecular flexibility index (Phi) is 6.09. The minimum atomic E-state index is -0.982.